The molecular formula is C92H57B2N5O3. The summed E-state index contributed by atoms with van der Waals surface area (Å²) in [6, 6.07) is 125. The Labute approximate surface area is 588 Å². The Balaban J connectivity index is 0.784. The number of hydrogen-bond donors (Lipinski definition) is 0. The van der Waals surface area contributed by atoms with Gasteiger partial charge in [0.05, 0.1) is 11.4 Å². The minimum absolute atomic E-state index is 0.242. The number of anilines is 15. The van der Waals surface area contributed by atoms with Gasteiger partial charge in [0.1, 0.15) is 22.7 Å². The number of furan rings is 2. The van der Waals surface area contributed by atoms with Crippen LogP contribution >= 0.6 is 0 Å². The van der Waals surface area contributed by atoms with Crippen LogP contribution in [0.2, 0.25) is 0 Å². The van der Waals surface area contributed by atoms with Crippen LogP contribution in [0.25, 0.3) is 65.4 Å². The number of fused-ring (bicyclic) bond motifs is 18. The first-order chi connectivity index (χ1) is 50.6. The maximum absolute atomic E-state index is 7.79. The summed E-state index contributed by atoms with van der Waals surface area (Å²) in [5.41, 5.74) is 26.0. The summed E-state index contributed by atoms with van der Waals surface area (Å²) in [6.07, 6.45) is 0. The molecule has 8 nitrogen and oxygen atoms in total. The van der Waals surface area contributed by atoms with Gasteiger partial charge in [0.15, 0.2) is 11.2 Å². The van der Waals surface area contributed by atoms with E-state index in [1.54, 1.807) is 0 Å². The standard InChI is InChI=1S/C92H57B2N5O3/c1-8-26-62(27-9-1)95(63-28-10-2-11-29-63)69-46-44-58-52-83-71(50-60(58)48-69)73-54-82-87-89(91(73)101-83)98(67-36-18-6-19-37-67)79-42-24-22-40-75(79)93(87)77-56-78-85(57-81(77)97(82)66-34-16-5-17-35-66)100-86-55-74-72-51-61-49-70(96(64-30-12-3-13-31-64)65-32-14-4-15-33-65)47-45-59(61)53-84(72)102-92(74)90-88(86)94(78)76-41-23-25-43-80(76)99(90)68-38-20-7-21-39-68/h1-57H. The third-order valence-corrected chi connectivity index (χ3v) is 21.5. The largest absolute Gasteiger partial charge is 0.458 e. The monoisotopic (exact) mass is 1300 g/mol. The second-order valence-corrected chi connectivity index (χ2v) is 27.1. The summed E-state index contributed by atoms with van der Waals surface area (Å²) in [5, 5.41) is 8.45. The molecule has 6 heterocycles. The predicted molar refractivity (Wildman–Crippen MR) is 425 cm³/mol. The maximum atomic E-state index is 7.79. The first-order valence-electron chi connectivity index (χ1n) is 34.9. The molecule has 0 amide bonds. The fourth-order valence-electron chi connectivity index (χ4n) is 17.2. The molecule has 0 spiro atoms. The van der Waals surface area contributed by atoms with Crippen LogP contribution in [0.15, 0.2) is 355 Å². The van der Waals surface area contributed by atoms with Crippen molar-refractivity contribution in [1.29, 1.82) is 0 Å². The van der Waals surface area contributed by atoms with Gasteiger partial charge in [0.2, 0.25) is 0 Å². The van der Waals surface area contributed by atoms with E-state index in [2.05, 4.69) is 370 Å². The van der Waals surface area contributed by atoms with Gasteiger partial charge in [-0.05, 0) is 207 Å². The highest BCUT2D eigenvalue weighted by atomic mass is 16.5. The molecule has 0 atom stereocenters. The van der Waals surface area contributed by atoms with E-state index in [-0.39, 0.29) is 13.4 Å². The molecule has 0 aliphatic carbocycles. The highest BCUT2D eigenvalue weighted by Crippen LogP contribution is 2.53. The van der Waals surface area contributed by atoms with Crippen molar-refractivity contribution in [2.24, 2.45) is 0 Å². The predicted octanol–water partition coefficient (Wildman–Crippen LogP) is 21.2. The molecule has 0 saturated carbocycles. The van der Waals surface area contributed by atoms with Gasteiger partial charge >= 0.3 is 0 Å². The molecule has 18 aromatic rings. The lowest BCUT2D eigenvalue weighted by molar-refractivity contribution is 0.488. The zero-order chi connectivity index (χ0) is 66.7. The molecule has 0 fully saturated rings. The smallest absolute Gasteiger partial charge is 0.256 e. The van der Waals surface area contributed by atoms with Crippen LogP contribution in [0.3, 0.4) is 0 Å². The molecule has 0 radical (unpaired) electrons. The molecule has 4 aliphatic rings. The fourth-order valence-corrected chi connectivity index (χ4v) is 17.2. The summed E-state index contributed by atoms with van der Waals surface area (Å²) >= 11 is 0. The quantitative estimate of drug-likeness (QED) is 0.133. The van der Waals surface area contributed by atoms with E-state index in [4.69, 9.17) is 13.6 Å². The Hall–Kier alpha value is -13.4. The minimum Gasteiger partial charge on any atom is -0.458 e. The van der Waals surface area contributed by atoms with Crippen molar-refractivity contribution in [3.05, 3.63) is 346 Å². The summed E-state index contributed by atoms with van der Waals surface area (Å²) in [4.78, 5) is 12.0. The van der Waals surface area contributed by atoms with Gasteiger partial charge in [-0.1, -0.05) is 182 Å². The number of ether oxygens (including phenoxy) is 1. The number of para-hydroxylation sites is 9. The lowest BCUT2D eigenvalue weighted by Gasteiger charge is -2.45. The molecule has 0 saturated heterocycles. The van der Waals surface area contributed by atoms with Crippen LogP contribution in [-0.4, -0.2) is 13.4 Å². The molecule has 16 aromatic carbocycles. The van der Waals surface area contributed by atoms with Crippen molar-refractivity contribution < 1.29 is 13.6 Å². The lowest BCUT2D eigenvalue weighted by Crippen LogP contribution is -2.64. The third-order valence-electron chi connectivity index (χ3n) is 21.5. The van der Waals surface area contributed by atoms with E-state index in [1.807, 2.05) is 0 Å². The number of hydrogen-bond acceptors (Lipinski definition) is 8. The molecule has 2 aromatic heterocycles. The number of benzene rings is 16. The van der Waals surface area contributed by atoms with Gasteiger partial charge in [0.25, 0.3) is 13.4 Å². The first kappa shape index (κ1) is 56.6. The average Bonchev–Trinajstić information content (AvgIpc) is 0.967. The van der Waals surface area contributed by atoms with Crippen LogP contribution in [0.5, 0.6) is 11.5 Å². The van der Waals surface area contributed by atoms with Gasteiger partial charge in [-0.15, -0.1) is 0 Å². The highest BCUT2D eigenvalue weighted by Gasteiger charge is 2.49. The van der Waals surface area contributed by atoms with Gasteiger partial charge in [-0.2, -0.15) is 0 Å². The first-order valence-corrected chi connectivity index (χ1v) is 34.9. The second-order valence-electron chi connectivity index (χ2n) is 27.1. The van der Waals surface area contributed by atoms with E-state index in [1.165, 1.54) is 21.9 Å². The second kappa shape index (κ2) is 22.0. The van der Waals surface area contributed by atoms with E-state index < -0.39 is 0 Å². The van der Waals surface area contributed by atoms with Gasteiger partial charge in [-0.25, -0.2) is 0 Å². The van der Waals surface area contributed by atoms with Crippen LogP contribution in [0.4, 0.5) is 85.3 Å². The Morgan fingerprint density at radius 2 is 0.647 bits per heavy atom. The summed E-state index contributed by atoms with van der Waals surface area (Å²) in [7, 11) is 0. The third kappa shape index (κ3) is 8.41. The maximum Gasteiger partial charge on any atom is 0.256 e. The molecule has 0 bridgehead atoms. The van der Waals surface area contributed by atoms with Crippen LogP contribution in [0.1, 0.15) is 0 Å². The minimum atomic E-state index is -0.257. The van der Waals surface area contributed by atoms with Crippen molar-refractivity contribution in [3.63, 3.8) is 0 Å². The van der Waals surface area contributed by atoms with E-state index in [0.717, 1.165) is 173 Å². The summed E-state index contributed by atoms with van der Waals surface area (Å²) in [6.45, 7) is -0.500. The number of rotatable bonds is 9. The lowest BCUT2D eigenvalue weighted by atomic mass is 9.30. The van der Waals surface area contributed by atoms with Crippen LogP contribution in [-0.2, 0) is 0 Å². The number of nitrogens with zero attached hydrogens (tertiary/aromatic N) is 5. The zero-order valence-corrected chi connectivity index (χ0v) is 55.0. The summed E-state index contributed by atoms with van der Waals surface area (Å²) in [5.74, 6) is 1.60. The normalized spacial score (nSPS) is 13.1. The Morgan fingerprint density at radius 1 is 0.245 bits per heavy atom. The summed E-state index contributed by atoms with van der Waals surface area (Å²) < 4.78 is 22.8. The topological polar surface area (TPSA) is 51.7 Å². The van der Waals surface area contributed by atoms with E-state index in [0.29, 0.717) is 0 Å². The molecule has 10 heteroatoms. The molecule has 0 N–H and O–H groups in total. The van der Waals surface area contributed by atoms with E-state index >= 15 is 0 Å². The Morgan fingerprint density at radius 3 is 1.12 bits per heavy atom. The van der Waals surface area contributed by atoms with Crippen molar-refractivity contribution in [2.45, 2.75) is 0 Å². The molecule has 4 aliphatic heterocycles. The Bertz CT molecular complexity index is 6380. The molecule has 22 rings (SSSR count). The van der Waals surface area contributed by atoms with Gasteiger partial charge in [0, 0.05) is 107 Å². The molecule has 0 unspecified atom stereocenters. The molecule has 474 valence electrons. The average molecular weight is 1300 g/mol. The van der Waals surface area contributed by atoms with Crippen LogP contribution < -0.4 is 62.0 Å². The van der Waals surface area contributed by atoms with Crippen molar-refractivity contribution >= 4 is 197 Å². The van der Waals surface area contributed by atoms with Crippen molar-refractivity contribution in [3.8, 4) is 11.5 Å². The van der Waals surface area contributed by atoms with Crippen molar-refractivity contribution in [1.82, 2.24) is 0 Å². The molecule has 102 heavy (non-hydrogen) atoms. The van der Waals surface area contributed by atoms with Crippen LogP contribution in [0, 0.1) is 0 Å². The van der Waals surface area contributed by atoms with Crippen molar-refractivity contribution in [2.75, 3.05) is 24.5 Å². The Kier molecular flexibility index (Phi) is 12.2. The van der Waals surface area contributed by atoms with Gasteiger partial charge < -0.3 is 38.1 Å². The SMILES string of the molecule is c1ccc(N(c2ccccc2)c2ccc3cc4oc5c6c7c(cc5c4cc3c2)Oc2cc3c(cc2B7c2ccccc2N6c2ccccc2)B2c4ccccc4N(c4ccccc4)c4c2c(cc2c4oc4cc5ccc(N(c6ccccc6)c6ccccc6)cc5cc42)N3c2ccccc2)cc1. The molecular weight excluding hydrogens is 1240 g/mol. The van der Waals surface area contributed by atoms with E-state index in [9.17, 15) is 0 Å². The highest BCUT2D eigenvalue weighted by molar-refractivity contribution is 7.03. The van der Waals surface area contributed by atoms with Gasteiger partial charge in [-0.3, -0.25) is 0 Å². The zero-order valence-electron chi connectivity index (χ0n) is 55.0. The fraction of sp³-hybridized carbons (Fsp3) is 0.